The maximum atomic E-state index is 4.97. The summed E-state index contributed by atoms with van der Waals surface area (Å²) >= 11 is 0. The van der Waals surface area contributed by atoms with E-state index in [4.69, 9.17) is 14.0 Å². The highest BCUT2D eigenvalue weighted by Crippen LogP contribution is 1.93. The van der Waals surface area contributed by atoms with Gasteiger partial charge in [-0.25, -0.2) is 0 Å². The van der Waals surface area contributed by atoms with E-state index in [1.54, 1.807) is 0 Å². The Morgan fingerprint density at radius 1 is 0.455 bits per heavy atom. The second-order valence-electron chi connectivity index (χ2n) is 2.01. The van der Waals surface area contributed by atoms with Crippen molar-refractivity contribution in [3.05, 3.63) is 0 Å². The van der Waals surface area contributed by atoms with Crippen LogP contribution in [0, 0.1) is 0 Å². The maximum absolute atomic E-state index is 4.97. The molecule has 0 aromatic rings. The third-order valence-electron chi connectivity index (χ3n) is 0.966. The summed E-state index contributed by atoms with van der Waals surface area (Å²) in [6.07, 6.45) is 0. The highest BCUT2D eigenvalue weighted by molar-refractivity contribution is 6.36. The second kappa shape index (κ2) is 58.5. The standard InChI is InChI=1S/C6H15BO6.9CH4/c1-8-4-11-7(12-5-9-2)13-6-10-3;;;;;;;;;/h4-6H2,1-3H3;9*1H4. The van der Waals surface area contributed by atoms with Crippen LogP contribution in [0.4, 0.5) is 0 Å². The Morgan fingerprint density at radius 2 is 0.636 bits per heavy atom. The zero-order chi connectivity index (χ0) is 9.94. The van der Waals surface area contributed by atoms with Crippen LogP contribution >= 0.6 is 0 Å². The van der Waals surface area contributed by atoms with Crippen molar-refractivity contribution in [3.8, 4) is 0 Å². The molecule has 0 aliphatic carbocycles. The summed E-state index contributed by atoms with van der Waals surface area (Å²) in [4.78, 5) is 0. The van der Waals surface area contributed by atoms with Gasteiger partial charge in [-0.3, -0.25) is 0 Å². The summed E-state index contributed by atoms with van der Waals surface area (Å²) in [6, 6.07) is 0. The molecule has 0 saturated carbocycles. The van der Waals surface area contributed by atoms with Gasteiger partial charge < -0.3 is 28.2 Å². The first kappa shape index (κ1) is 67.7. The molecular weight excluding hydrogens is 287 g/mol. The van der Waals surface area contributed by atoms with Crippen LogP contribution in [-0.2, 0) is 28.2 Å². The monoisotopic (exact) mass is 338 g/mol. The largest absolute Gasteiger partial charge is 0.644 e. The lowest BCUT2D eigenvalue weighted by Crippen LogP contribution is -2.29. The molecule has 6 nitrogen and oxygen atoms in total. The van der Waals surface area contributed by atoms with Crippen molar-refractivity contribution >= 4 is 7.32 Å². The molecular formula is C15H51BO6. The first-order valence-corrected chi connectivity index (χ1v) is 3.66. The molecule has 0 aliphatic rings. The Balaban J connectivity index is -0.0000000200. The summed E-state index contributed by atoms with van der Waals surface area (Å²) in [5.41, 5.74) is 0. The Kier molecular flexibility index (Phi) is 180. The molecule has 22 heavy (non-hydrogen) atoms. The Bertz CT molecular complexity index is 91.0. The van der Waals surface area contributed by atoms with Gasteiger partial charge in [-0.2, -0.15) is 0 Å². The van der Waals surface area contributed by atoms with Crippen LogP contribution in [-0.4, -0.2) is 49.0 Å². The smallest absolute Gasteiger partial charge is 0.362 e. The van der Waals surface area contributed by atoms with Crippen molar-refractivity contribution in [2.24, 2.45) is 0 Å². The van der Waals surface area contributed by atoms with E-state index in [2.05, 4.69) is 14.2 Å². The van der Waals surface area contributed by atoms with Crippen molar-refractivity contribution in [2.75, 3.05) is 41.7 Å². The minimum Gasteiger partial charge on any atom is -0.362 e. The van der Waals surface area contributed by atoms with Gasteiger partial charge >= 0.3 is 7.32 Å². The van der Waals surface area contributed by atoms with Gasteiger partial charge in [0.15, 0.2) is 0 Å². The molecule has 0 aliphatic heterocycles. The summed E-state index contributed by atoms with van der Waals surface area (Å²) in [5.74, 6) is 0. The van der Waals surface area contributed by atoms with Gasteiger partial charge in [-0.1, -0.05) is 66.8 Å². The van der Waals surface area contributed by atoms with Crippen LogP contribution in [0.3, 0.4) is 0 Å². The molecule has 0 spiro atoms. The Hall–Kier alpha value is -0.175. The van der Waals surface area contributed by atoms with E-state index in [1.807, 2.05) is 0 Å². The first-order chi connectivity index (χ1) is 6.35. The summed E-state index contributed by atoms with van der Waals surface area (Å²) < 4.78 is 28.9. The molecule has 0 unspecified atom stereocenters. The quantitative estimate of drug-likeness (QED) is 0.405. The van der Waals surface area contributed by atoms with Crippen molar-refractivity contribution in [2.45, 2.75) is 66.8 Å². The molecule has 0 saturated heterocycles. The van der Waals surface area contributed by atoms with Crippen LogP contribution in [0.2, 0.25) is 0 Å². The third kappa shape index (κ3) is 50.2. The van der Waals surface area contributed by atoms with Gasteiger partial charge in [-0.15, -0.1) is 0 Å². The molecule has 150 valence electrons. The first-order valence-electron chi connectivity index (χ1n) is 3.66. The van der Waals surface area contributed by atoms with Crippen molar-refractivity contribution in [3.63, 3.8) is 0 Å². The molecule has 0 aromatic heterocycles. The highest BCUT2D eigenvalue weighted by atomic mass is 16.8. The molecule has 0 radical (unpaired) electrons. The zero-order valence-electron chi connectivity index (χ0n) is 8.15. The van der Waals surface area contributed by atoms with E-state index in [9.17, 15) is 0 Å². The van der Waals surface area contributed by atoms with Crippen LogP contribution in [0.5, 0.6) is 0 Å². The molecule has 0 rings (SSSR count). The molecule has 0 bridgehead atoms. The third-order valence-corrected chi connectivity index (χ3v) is 0.966. The van der Waals surface area contributed by atoms with Gasteiger partial charge in [0.2, 0.25) is 0 Å². The molecule has 0 amide bonds. The molecule has 0 fully saturated rings. The number of rotatable bonds is 9. The Morgan fingerprint density at radius 3 is 0.773 bits per heavy atom. The molecule has 0 aromatic carbocycles. The molecule has 0 heterocycles. The minimum absolute atomic E-state index is 0. The highest BCUT2D eigenvalue weighted by Gasteiger charge is 2.20. The van der Waals surface area contributed by atoms with E-state index >= 15 is 0 Å². The lowest BCUT2D eigenvalue weighted by molar-refractivity contribution is -0.0665. The minimum atomic E-state index is -0.833. The number of ether oxygens (including phenoxy) is 3. The normalized spacial score (nSPS) is 6.14. The molecule has 7 heteroatoms. The Labute approximate surface area is 145 Å². The van der Waals surface area contributed by atoms with Gasteiger partial charge in [-0.05, 0) is 0 Å². The second-order valence-corrected chi connectivity index (χ2v) is 2.01. The van der Waals surface area contributed by atoms with Crippen LogP contribution in [0.15, 0.2) is 0 Å². The van der Waals surface area contributed by atoms with E-state index in [0.29, 0.717) is 0 Å². The molecule has 0 N–H and O–H groups in total. The average molecular weight is 338 g/mol. The van der Waals surface area contributed by atoms with Crippen molar-refractivity contribution in [1.29, 1.82) is 0 Å². The SMILES string of the molecule is C.C.C.C.C.C.C.C.C.COCOB(OCOC)OCOC. The summed E-state index contributed by atoms with van der Waals surface area (Å²) in [7, 11) is 3.68. The number of methoxy groups -OCH3 is 3. The van der Waals surface area contributed by atoms with Crippen LogP contribution < -0.4 is 0 Å². The predicted octanol–water partition coefficient (Wildman–Crippen LogP) is 5.56. The lowest BCUT2D eigenvalue weighted by atomic mass is 10.2. The van der Waals surface area contributed by atoms with E-state index in [0.717, 1.165) is 0 Å². The van der Waals surface area contributed by atoms with Crippen molar-refractivity contribution in [1.82, 2.24) is 0 Å². The lowest BCUT2D eigenvalue weighted by Gasteiger charge is -2.12. The summed E-state index contributed by atoms with van der Waals surface area (Å²) in [6.45, 7) is 0.244. The van der Waals surface area contributed by atoms with Gasteiger partial charge in [0.25, 0.3) is 0 Å². The fraction of sp³-hybridized carbons (Fsp3) is 1.00. The zero-order valence-corrected chi connectivity index (χ0v) is 8.15. The van der Waals surface area contributed by atoms with E-state index < -0.39 is 7.32 Å². The number of hydrogen-bond donors (Lipinski definition) is 0. The fourth-order valence-electron chi connectivity index (χ4n) is 0.515. The van der Waals surface area contributed by atoms with Gasteiger partial charge in [0, 0.05) is 21.3 Å². The predicted molar refractivity (Wildman–Crippen MR) is 105 cm³/mol. The van der Waals surface area contributed by atoms with Gasteiger partial charge in [0.1, 0.15) is 20.4 Å². The maximum Gasteiger partial charge on any atom is 0.644 e. The van der Waals surface area contributed by atoms with E-state index in [1.165, 1.54) is 21.3 Å². The van der Waals surface area contributed by atoms with Crippen LogP contribution in [0.25, 0.3) is 0 Å². The van der Waals surface area contributed by atoms with Crippen molar-refractivity contribution < 1.29 is 28.2 Å². The van der Waals surface area contributed by atoms with Crippen LogP contribution in [0.1, 0.15) is 66.8 Å². The summed E-state index contributed by atoms with van der Waals surface area (Å²) in [5, 5.41) is 0. The molecule has 0 atom stereocenters. The van der Waals surface area contributed by atoms with Gasteiger partial charge in [0.05, 0.1) is 0 Å². The average Bonchev–Trinajstić information content (AvgIpc) is 2.17. The topological polar surface area (TPSA) is 55.4 Å². The number of hydrogen-bond acceptors (Lipinski definition) is 6. The fourth-order valence-corrected chi connectivity index (χ4v) is 0.515. The van der Waals surface area contributed by atoms with E-state index in [-0.39, 0.29) is 87.2 Å².